The molecular weight excluding hydrogens is 306 g/mol. The number of hydrogen-bond donors (Lipinski definition) is 1. The van der Waals surface area contributed by atoms with Gasteiger partial charge >= 0.3 is 0 Å². The molecule has 2 aliphatic heterocycles. The minimum atomic E-state index is 0.131. The van der Waals surface area contributed by atoms with Gasteiger partial charge in [0.05, 0.1) is 19.8 Å². The summed E-state index contributed by atoms with van der Waals surface area (Å²) in [4.78, 5) is 6.69. The third-order valence-corrected chi connectivity index (χ3v) is 4.61. The Labute approximate surface area is 143 Å². The van der Waals surface area contributed by atoms with E-state index in [1.807, 2.05) is 25.2 Å². The number of rotatable bonds is 4. The number of hydrogen-bond acceptors (Lipinski definition) is 4. The summed E-state index contributed by atoms with van der Waals surface area (Å²) < 4.78 is 17.1. The third-order valence-electron chi connectivity index (χ3n) is 4.61. The van der Waals surface area contributed by atoms with Crippen LogP contribution in [0.3, 0.4) is 0 Å². The van der Waals surface area contributed by atoms with Gasteiger partial charge in [0.25, 0.3) is 0 Å². The molecule has 2 unspecified atom stereocenters. The minimum absolute atomic E-state index is 0.131. The molecule has 3 rings (SSSR count). The molecule has 0 bridgehead atoms. The molecule has 2 aliphatic rings. The van der Waals surface area contributed by atoms with Crippen molar-refractivity contribution in [2.24, 2.45) is 4.99 Å². The van der Waals surface area contributed by atoms with Gasteiger partial charge in [0.15, 0.2) is 5.96 Å². The molecule has 2 atom stereocenters. The number of para-hydroxylation sites is 1. The Morgan fingerprint density at radius 3 is 2.88 bits per heavy atom. The first kappa shape index (κ1) is 17.0. The lowest BCUT2D eigenvalue weighted by Gasteiger charge is -2.37. The molecular formula is C18H27N3O3. The maximum atomic E-state index is 5.92. The van der Waals surface area contributed by atoms with Gasteiger partial charge in [-0.25, -0.2) is 0 Å². The van der Waals surface area contributed by atoms with Gasteiger partial charge in [-0.3, -0.25) is 4.99 Å². The first-order valence-electron chi connectivity index (χ1n) is 8.62. The highest BCUT2D eigenvalue weighted by atomic mass is 16.5. The highest BCUT2D eigenvalue weighted by Crippen LogP contribution is 2.21. The van der Waals surface area contributed by atoms with Gasteiger partial charge < -0.3 is 24.4 Å². The van der Waals surface area contributed by atoms with Crippen LogP contribution < -0.4 is 10.1 Å². The van der Waals surface area contributed by atoms with Gasteiger partial charge in [0.2, 0.25) is 0 Å². The summed E-state index contributed by atoms with van der Waals surface area (Å²) in [7, 11) is 3.52. The Bertz CT molecular complexity index is 558. The molecule has 0 aliphatic carbocycles. The van der Waals surface area contributed by atoms with Gasteiger partial charge in [-0.2, -0.15) is 0 Å². The zero-order valence-electron chi connectivity index (χ0n) is 14.5. The number of benzene rings is 1. The lowest BCUT2D eigenvalue weighted by atomic mass is 10.1. The Morgan fingerprint density at radius 1 is 1.29 bits per heavy atom. The van der Waals surface area contributed by atoms with E-state index in [1.165, 1.54) is 0 Å². The first-order valence-corrected chi connectivity index (χ1v) is 8.62. The normalized spacial score (nSPS) is 24.9. The molecule has 1 aromatic carbocycles. The Morgan fingerprint density at radius 2 is 2.12 bits per heavy atom. The van der Waals surface area contributed by atoms with Crippen molar-refractivity contribution in [3.8, 4) is 5.75 Å². The molecule has 1 aromatic rings. The Hall–Kier alpha value is -1.79. The summed E-state index contributed by atoms with van der Waals surface area (Å²) in [6, 6.07) is 8.03. The third kappa shape index (κ3) is 3.99. The monoisotopic (exact) mass is 333 g/mol. The molecule has 0 spiro atoms. The van der Waals surface area contributed by atoms with E-state index < -0.39 is 0 Å². The molecule has 0 amide bonds. The SMILES string of the molecule is CN=C(NCc1ccccc1OC)N1CCOC(C2CCCO2)C1. The molecule has 1 N–H and O–H groups in total. The van der Waals surface area contributed by atoms with Crippen LogP contribution in [0.2, 0.25) is 0 Å². The van der Waals surface area contributed by atoms with Crippen LogP contribution in [0.5, 0.6) is 5.75 Å². The van der Waals surface area contributed by atoms with E-state index in [-0.39, 0.29) is 12.2 Å². The topological polar surface area (TPSA) is 55.3 Å². The fourth-order valence-electron chi connectivity index (χ4n) is 3.34. The number of nitrogens with one attached hydrogen (secondary N) is 1. The summed E-state index contributed by atoms with van der Waals surface area (Å²) in [6.07, 6.45) is 2.57. The number of nitrogens with zero attached hydrogens (tertiary/aromatic N) is 2. The van der Waals surface area contributed by atoms with Crippen LogP contribution in [-0.4, -0.2) is 63.5 Å². The van der Waals surface area contributed by atoms with Crippen LogP contribution in [-0.2, 0) is 16.0 Å². The second-order valence-corrected chi connectivity index (χ2v) is 6.12. The average Bonchev–Trinajstić information content (AvgIpc) is 3.17. The smallest absolute Gasteiger partial charge is 0.194 e. The van der Waals surface area contributed by atoms with Crippen molar-refractivity contribution >= 4 is 5.96 Å². The van der Waals surface area contributed by atoms with Crippen molar-refractivity contribution in [3.63, 3.8) is 0 Å². The summed E-state index contributed by atoms with van der Waals surface area (Å²) in [5.74, 6) is 1.78. The van der Waals surface area contributed by atoms with Crippen LogP contribution in [0.15, 0.2) is 29.3 Å². The molecule has 6 nitrogen and oxygen atoms in total. The van der Waals surface area contributed by atoms with Gasteiger partial charge in [-0.1, -0.05) is 18.2 Å². The maximum Gasteiger partial charge on any atom is 0.194 e. The average molecular weight is 333 g/mol. The zero-order chi connectivity index (χ0) is 16.8. The molecule has 0 saturated carbocycles. The first-order chi connectivity index (χ1) is 11.8. The number of methoxy groups -OCH3 is 1. The fourth-order valence-corrected chi connectivity index (χ4v) is 3.34. The Kier molecular flexibility index (Phi) is 5.93. The van der Waals surface area contributed by atoms with Crippen molar-refractivity contribution in [1.82, 2.24) is 10.2 Å². The molecule has 2 fully saturated rings. The van der Waals surface area contributed by atoms with E-state index in [4.69, 9.17) is 14.2 Å². The zero-order valence-corrected chi connectivity index (χ0v) is 14.5. The second-order valence-electron chi connectivity index (χ2n) is 6.12. The van der Waals surface area contributed by atoms with Gasteiger partial charge in [0, 0.05) is 38.9 Å². The van der Waals surface area contributed by atoms with Gasteiger partial charge in [-0.05, 0) is 18.9 Å². The van der Waals surface area contributed by atoms with Crippen molar-refractivity contribution in [1.29, 1.82) is 0 Å². The number of ether oxygens (including phenoxy) is 3. The fraction of sp³-hybridized carbons (Fsp3) is 0.611. The predicted molar refractivity (Wildman–Crippen MR) is 93.5 cm³/mol. The summed E-state index contributed by atoms with van der Waals surface area (Å²) in [6.45, 7) is 3.90. The molecule has 132 valence electrons. The molecule has 2 heterocycles. The lowest BCUT2D eigenvalue weighted by molar-refractivity contribution is -0.0817. The molecule has 0 aromatic heterocycles. The minimum Gasteiger partial charge on any atom is -0.496 e. The van der Waals surface area contributed by atoms with E-state index >= 15 is 0 Å². The van der Waals surface area contributed by atoms with Crippen LogP contribution >= 0.6 is 0 Å². The van der Waals surface area contributed by atoms with Gasteiger partial charge in [-0.15, -0.1) is 0 Å². The highest BCUT2D eigenvalue weighted by Gasteiger charge is 2.32. The van der Waals surface area contributed by atoms with Gasteiger partial charge in [0.1, 0.15) is 11.9 Å². The largest absolute Gasteiger partial charge is 0.496 e. The molecule has 0 radical (unpaired) electrons. The van der Waals surface area contributed by atoms with Crippen LogP contribution in [0.4, 0.5) is 0 Å². The Balaban J connectivity index is 1.59. The summed E-state index contributed by atoms with van der Waals surface area (Å²) in [5.41, 5.74) is 1.12. The van der Waals surface area contributed by atoms with E-state index in [2.05, 4.69) is 21.3 Å². The molecule has 2 saturated heterocycles. The summed E-state index contributed by atoms with van der Waals surface area (Å²) >= 11 is 0. The number of aliphatic imine (C=N–C) groups is 1. The van der Waals surface area contributed by atoms with Crippen LogP contribution in [0.25, 0.3) is 0 Å². The van der Waals surface area contributed by atoms with E-state index in [0.29, 0.717) is 13.2 Å². The van der Waals surface area contributed by atoms with Crippen molar-refractivity contribution < 1.29 is 14.2 Å². The van der Waals surface area contributed by atoms with Crippen LogP contribution in [0.1, 0.15) is 18.4 Å². The van der Waals surface area contributed by atoms with Crippen molar-refractivity contribution in [2.45, 2.75) is 31.6 Å². The summed E-state index contributed by atoms with van der Waals surface area (Å²) in [5, 5.41) is 3.44. The molecule has 6 heteroatoms. The molecule has 24 heavy (non-hydrogen) atoms. The van der Waals surface area contributed by atoms with Crippen molar-refractivity contribution in [2.75, 3.05) is 40.5 Å². The number of morpholine rings is 1. The van der Waals surface area contributed by atoms with E-state index in [0.717, 1.165) is 49.8 Å². The van der Waals surface area contributed by atoms with Crippen molar-refractivity contribution in [3.05, 3.63) is 29.8 Å². The maximum absolute atomic E-state index is 5.92. The van der Waals surface area contributed by atoms with Crippen LogP contribution in [0, 0.1) is 0 Å². The standard InChI is InChI=1S/C18H27N3O3/c1-19-18(20-12-14-6-3-4-7-15(14)22-2)21-9-11-24-17(13-21)16-8-5-10-23-16/h3-4,6-7,16-17H,5,8-13H2,1-2H3,(H,19,20). The quantitative estimate of drug-likeness (QED) is 0.671. The predicted octanol–water partition coefficient (Wildman–Crippen LogP) is 1.65. The highest BCUT2D eigenvalue weighted by molar-refractivity contribution is 5.80. The second kappa shape index (κ2) is 8.35. The van der Waals surface area contributed by atoms with E-state index in [1.54, 1.807) is 7.11 Å². The van der Waals surface area contributed by atoms with E-state index in [9.17, 15) is 0 Å². The lowest BCUT2D eigenvalue weighted by Crippen LogP contribution is -2.53. The number of guanidine groups is 1.